The lowest BCUT2D eigenvalue weighted by Crippen LogP contribution is -2.23. The monoisotopic (exact) mass is 397 g/mol. The number of nitrogens with one attached hydrogen (secondary N) is 1. The van der Waals surface area contributed by atoms with Gasteiger partial charge in [0, 0.05) is 0 Å². The molecule has 0 aliphatic carbocycles. The van der Waals surface area contributed by atoms with Crippen LogP contribution in [0.4, 0.5) is 23.2 Å². The number of amides is 1. The highest BCUT2D eigenvalue weighted by molar-refractivity contribution is 8.00. The van der Waals surface area contributed by atoms with Crippen molar-refractivity contribution in [3.05, 3.63) is 59.7 Å². The minimum absolute atomic E-state index is 0.0124. The average molecular weight is 397 g/mol. The number of hydrogen-bond acceptors (Lipinski definition) is 5. The Hall–Kier alpha value is -2.88. The Labute approximate surface area is 154 Å². The Kier molecular flexibility index (Phi) is 5.45. The van der Waals surface area contributed by atoms with Gasteiger partial charge in [0.05, 0.1) is 16.5 Å². The number of thioether (sulfide) groups is 1. The van der Waals surface area contributed by atoms with Crippen molar-refractivity contribution in [2.45, 2.75) is 17.4 Å². The lowest BCUT2D eigenvalue weighted by atomic mass is 10.2. The molecule has 0 aliphatic heterocycles. The zero-order valence-electron chi connectivity index (χ0n) is 13.7. The van der Waals surface area contributed by atoms with Crippen molar-refractivity contribution < 1.29 is 26.8 Å². The van der Waals surface area contributed by atoms with Crippen molar-refractivity contribution in [3.63, 3.8) is 0 Å². The minimum Gasteiger partial charge on any atom is -0.411 e. The second kappa shape index (κ2) is 7.78. The van der Waals surface area contributed by atoms with Crippen LogP contribution in [-0.2, 0) is 4.79 Å². The first-order valence-electron chi connectivity index (χ1n) is 7.56. The third-order valence-corrected chi connectivity index (χ3v) is 4.38. The van der Waals surface area contributed by atoms with Crippen LogP contribution in [0.2, 0.25) is 0 Å². The van der Waals surface area contributed by atoms with Crippen molar-refractivity contribution >= 4 is 23.4 Å². The van der Waals surface area contributed by atoms with E-state index in [2.05, 4.69) is 15.5 Å². The van der Waals surface area contributed by atoms with E-state index < -0.39 is 40.1 Å². The third kappa shape index (κ3) is 4.11. The van der Waals surface area contributed by atoms with Gasteiger partial charge in [-0.05, 0) is 31.2 Å². The van der Waals surface area contributed by atoms with Crippen LogP contribution in [0.15, 0.2) is 46.0 Å². The molecule has 0 unspecified atom stereocenters. The summed E-state index contributed by atoms with van der Waals surface area (Å²) >= 11 is 0.840. The summed E-state index contributed by atoms with van der Waals surface area (Å²) in [5, 5.41) is 8.74. The van der Waals surface area contributed by atoms with Crippen molar-refractivity contribution in [1.82, 2.24) is 10.2 Å². The van der Waals surface area contributed by atoms with Gasteiger partial charge in [-0.3, -0.25) is 4.79 Å². The van der Waals surface area contributed by atoms with E-state index in [9.17, 15) is 22.4 Å². The number of aromatic nitrogens is 2. The van der Waals surface area contributed by atoms with Crippen LogP contribution in [-0.4, -0.2) is 21.4 Å². The fraction of sp³-hybridized carbons (Fsp3) is 0.118. The first-order valence-corrected chi connectivity index (χ1v) is 8.44. The van der Waals surface area contributed by atoms with Crippen LogP contribution in [0.25, 0.3) is 11.5 Å². The van der Waals surface area contributed by atoms with E-state index in [1.54, 1.807) is 6.07 Å². The number of nitrogens with zero attached hydrogens (tertiary/aromatic N) is 2. The first kappa shape index (κ1) is 18.9. The number of hydrogen-bond donors (Lipinski definition) is 1. The molecule has 0 radical (unpaired) electrons. The molecule has 1 amide bonds. The second-order valence-electron chi connectivity index (χ2n) is 5.33. The van der Waals surface area contributed by atoms with E-state index in [0.29, 0.717) is 6.07 Å². The summed E-state index contributed by atoms with van der Waals surface area (Å²) < 4.78 is 58.8. The van der Waals surface area contributed by atoms with Crippen molar-refractivity contribution in [2.24, 2.45) is 0 Å². The Morgan fingerprint density at radius 1 is 1.04 bits per heavy atom. The molecular weight excluding hydrogens is 386 g/mol. The van der Waals surface area contributed by atoms with Gasteiger partial charge in [0.15, 0.2) is 17.5 Å². The van der Waals surface area contributed by atoms with Crippen molar-refractivity contribution in [2.75, 3.05) is 5.32 Å². The second-order valence-corrected chi connectivity index (χ2v) is 6.62. The quantitative estimate of drug-likeness (QED) is 0.392. The molecule has 1 atom stereocenters. The van der Waals surface area contributed by atoms with E-state index in [1.807, 2.05) is 0 Å². The van der Waals surface area contributed by atoms with Crippen LogP contribution in [0.5, 0.6) is 0 Å². The van der Waals surface area contributed by atoms with E-state index in [1.165, 1.54) is 25.1 Å². The summed E-state index contributed by atoms with van der Waals surface area (Å²) in [4.78, 5) is 12.1. The Morgan fingerprint density at radius 2 is 1.78 bits per heavy atom. The molecule has 1 N–H and O–H groups in total. The molecular formula is C17H11F4N3O2S. The molecule has 27 heavy (non-hydrogen) atoms. The van der Waals surface area contributed by atoms with Crippen molar-refractivity contribution in [1.29, 1.82) is 0 Å². The summed E-state index contributed by atoms with van der Waals surface area (Å²) in [5.74, 6) is -5.85. The number of anilines is 1. The molecule has 0 aliphatic rings. The Balaban J connectivity index is 1.69. The van der Waals surface area contributed by atoms with E-state index in [4.69, 9.17) is 4.42 Å². The molecule has 5 nitrogen and oxygen atoms in total. The molecule has 0 saturated heterocycles. The lowest BCUT2D eigenvalue weighted by molar-refractivity contribution is -0.115. The normalized spacial score (nSPS) is 12.0. The Bertz CT molecular complexity index is 996. The number of halogens is 4. The SMILES string of the molecule is C[C@H](Sc1nnc(-c2ccccc2F)o1)C(=O)Nc1ccc(F)c(F)c1F. The van der Waals surface area contributed by atoms with Gasteiger partial charge in [0.1, 0.15) is 5.82 Å². The number of carbonyl (C=O) groups excluding carboxylic acids is 1. The van der Waals surface area contributed by atoms with Crippen LogP contribution in [0, 0.1) is 23.3 Å². The molecule has 1 heterocycles. The predicted octanol–water partition coefficient (Wildman–Crippen LogP) is 4.41. The summed E-state index contributed by atoms with van der Waals surface area (Å²) in [6, 6.07) is 7.41. The molecule has 1 aromatic heterocycles. The van der Waals surface area contributed by atoms with E-state index in [-0.39, 0.29) is 16.7 Å². The molecule has 3 aromatic rings. The van der Waals surface area contributed by atoms with Crippen LogP contribution in [0.1, 0.15) is 6.92 Å². The van der Waals surface area contributed by atoms with Crippen LogP contribution >= 0.6 is 11.8 Å². The highest BCUT2D eigenvalue weighted by Gasteiger charge is 2.22. The average Bonchev–Trinajstić information content (AvgIpc) is 3.10. The largest absolute Gasteiger partial charge is 0.411 e. The molecule has 0 bridgehead atoms. The Morgan fingerprint density at radius 3 is 2.52 bits per heavy atom. The minimum atomic E-state index is -1.68. The van der Waals surface area contributed by atoms with Gasteiger partial charge in [0.25, 0.3) is 11.1 Å². The standard InChI is InChI=1S/C17H11F4N3O2S/c1-8(15(25)22-12-7-6-11(19)13(20)14(12)21)27-17-24-23-16(26-17)9-4-2-3-5-10(9)18/h2-8H,1H3,(H,22,25)/t8-/m0/s1. The zero-order valence-corrected chi connectivity index (χ0v) is 14.5. The van der Waals surface area contributed by atoms with Crippen molar-refractivity contribution in [3.8, 4) is 11.5 Å². The molecule has 0 spiro atoms. The van der Waals surface area contributed by atoms with Crippen LogP contribution in [0.3, 0.4) is 0 Å². The van der Waals surface area contributed by atoms with Gasteiger partial charge in [0.2, 0.25) is 5.91 Å². The summed E-state index contributed by atoms with van der Waals surface area (Å²) in [6.45, 7) is 1.46. The fourth-order valence-corrected chi connectivity index (χ4v) is 2.75. The van der Waals surface area contributed by atoms with Gasteiger partial charge < -0.3 is 9.73 Å². The fourth-order valence-electron chi connectivity index (χ4n) is 2.06. The summed E-state index contributed by atoms with van der Waals surface area (Å²) in [6.07, 6.45) is 0. The molecule has 0 fully saturated rings. The maximum atomic E-state index is 13.7. The van der Waals surface area contributed by atoms with E-state index >= 15 is 0 Å². The molecule has 3 rings (SSSR count). The summed E-state index contributed by atoms with van der Waals surface area (Å²) in [7, 11) is 0. The van der Waals surface area contributed by atoms with Gasteiger partial charge in [-0.15, -0.1) is 10.2 Å². The van der Waals surface area contributed by atoms with Crippen LogP contribution < -0.4 is 5.32 Å². The molecule has 2 aromatic carbocycles. The van der Waals surface area contributed by atoms with Gasteiger partial charge in [-0.1, -0.05) is 23.9 Å². The number of benzene rings is 2. The smallest absolute Gasteiger partial charge is 0.277 e. The zero-order chi connectivity index (χ0) is 19.6. The van der Waals surface area contributed by atoms with E-state index in [0.717, 1.165) is 17.8 Å². The van der Waals surface area contributed by atoms with Gasteiger partial charge in [-0.2, -0.15) is 0 Å². The van der Waals surface area contributed by atoms with Gasteiger partial charge in [-0.25, -0.2) is 17.6 Å². The topological polar surface area (TPSA) is 68.0 Å². The maximum Gasteiger partial charge on any atom is 0.277 e. The number of rotatable bonds is 5. The maximum absolute atomic E-state index is 13.7. The van der Waals surface area contributed by atoms with Gasteiger partial charge >= 0.3 is 0 Å². The summed E-state index contributed by atoms with van der Waals surface area (Å²) in [5.41, 5.74) is -0.387. The molecule has 10 heteroatoms. The third-order valence-electron chi connectivity index (χ3n) is 3.45. The lowest BCUT2D eigenvalue weighted by Gasteiger charge is -2.11. The molecule has 0 saturated carbocycles. The number of carbonyl (C=O) groups is 1. The molecule has 140 valence electrons. The predicted molar refractivity (Wildman–Crippen MR) is 90.0 cm³/mol. The highest BCUT2D eigenvalue weighted by atomic mass is 32.2. The highest BCUT2D eigenvalue weighted by Crippen LogP contribution is 2.28. The first-order chi connectivity index (χ1) is 12.9.